The first-order valence-corrected chi connectivity index (χ1v) is 9.41. The van der Waals surface area contributed by atoms with Crippen molar-refractivity contribution in [2.24, 2.45) is 4.99 Å². The van der Waals surface area contributed by atoms with Crippen LogP contribution < -0.4 is 0 Å². The molecule has 0 aromatic heterocycles. The highest BCUT2D eigenvalue weighted by Gasteiger charge is 2.14. The molecule has 0 bridgehead atoms. The number of rotatable bonds is 4. The Morgan fingerprint density at radius 1 is 0.897 bits per heavy atom. The van der Waals surface area contributed by atoms with Crippen molar-refractivity contribution in [3.05, 3.63) is 88.7 Å². The van der Waals surface area contributed by atoms with Gasteiger partial charge in [0.15, 0.2) is 17.5 Å². The molecule has 0 aliphatic carbocycles. The Balaban J connectivity index is 1.90. The number of nitrogens with zero attached hydrogens (tertiary/aromatic N) is 1. The van der Waals surface area contributed by atoms with Gasteiger partial charge in [-0.25, -0.2) is 13.2 Å². The van der Waals surface area contributed by atoms with Crippen LogP contribution in [-0.2, 0) is 6.42 Å². The minimum atomic E-state index is -1.03. The topological polar surface area (TPSA) is 12.4 Å². The van der Waals surface area contributed by atoms with Crippen LogP contribution in [-0.4, -0.2) is 5.16 Å². The Hall–Kier alpha value is -3.19. The summed E-state index contributed by atoms with van der Waals surface area (Å²) < 4.78 is 42.9. The maximum atomic E-state index is 14.6. The van der Waals surface area contributed by atoms with E-state index in [2.05, 4.69) is 41.1 Å². The van der Waals surface area contributed by atoms with Crippen LogP contribution >= 0.6 is 12.2 Å². The monoisotopic (exact) mass is 407 g/mol. The van der Waals surface area contributed by atoms with Crippen molar-refractivity contribution >= 4 is 23.1 Å². The molecule has 0 N–H and O–H groups in total. The van der Waals surface area contributed by atoms with Gasteiger partial charge < -0.3 is 0 Å². The largest absolute Gasteiger partial charge is 0.205 e. The number of aryl methyl sites for hydroxylation is 1. The summed E-state index contributed by atoms with van der Waals surface area (Å²) in [6, 6.07) is 14.4. The average molecular weight is 407 g/mol. The average Bonchev–Trinajstić information content (AvgIpc) is 2.72. The van der Waals surface area contributed by atoms with Gasteiger partial charge in [-0.3, -0.25) is 0 Å². The molecule has 5 heteroatoms. The molecular formula is C24H16F3NS. The lowest BCUT2D eigenvalue weighted by Crippen LogP contribution is -1.94. The van der Waals surface area contributed by atoms with E-state index < -0.39 is 17.5 Å². The third-order valence-corrected chi connectivity index (χ3v) is 4.43. The molecule has 3 aromatic carbocycles. The van der Waals surface area contributed by atoms with Crippen molar-refractivity contribution in [1.29, 1.82) is 0 Å². The summed E-state index contributed by atoms with van der Waals surface area (Å²) in [5.41, 5.74) is 2.16. The summed E-state index contributed by atoms with van der Waals surface area (Å²) in [7, 11) is 0. The van der Waals surface area contributed by atoms with Gasteiger partial charge in [0.25, 0.3) is 0 Å². The molecule has 0 radical (unpaired) electrons. The second-order valence-electron chi connectivity index (χ2n) is 6.35. The Kier molecular flexibility index (Phi) is 6.61. The van der Waals surface area contributed by atoms with Crippen molar-refractivity contribution in [3.8, 4) is 23.0 Å². The predicted molar refractivity (Wildman–Crippen MR) is 113 cm³/mol. The van der Waals surface area contributed by atoms with Crippen LogP contribution in [0.4, 0.5) is 18.9 Å². The molecule has 0 unspecified atom stereocenters. The Morgan fingerprint density at radius 2 is 1.66 bits per heavy atom. The van der Waals surface area contributed by atoms with Gasteiger partial charge in [-0.15, -0.1) is 0 Å². The molecule has 0 saturated heterocycles. The summed E-state index contributed by atoms with van der Waals surface area (Å²) in [6.07, 6.45) is 1.95. The second kappa shape index (κ2) is 9.34. The zero-order valence-corrected chi connectivity index (χ0v) is 16.4. The lowest BCUT2D eigenvalue weighted by molar-refractivity contribution is 0.509. The van der Waals surface area contributed by atoms with Gasteiger partial charge >= 0.3 is 0 Å². The van der Waals surface area contributed by atoms with Crippen molar-refractivity contribution in [3.63, 3.8) is 0 Å². The van der Waals surface area contributed by atoms with Gasteiger partial charge in [0, 0.05) is 11.1 Å². The van der Waals surface area contributed by atoms with E-state index in [4.69, 9.17) is 0 Å². The Bertz CT molecular complexity index is 1150. The third-order valence-electron chi connectivity index (χ3n) is 4.34. The molecule has 0 heterocycles. The number of thiocarbonyl (C=S) groups is 1. The molecule has 0 aliphatic heterocycles. The number of aliphatic imine (C=N–C) groups is 1. The molecule has 0 saturated carbocycles. The van der Waals surface area contributed by atoms with E-state index in [1.54, 1.807) is 12.1 Å². The Labute approximate surface area is 172 Å². The smallest absolute Gasteiger partial charge is 0.175 e. The van der Waals surface area contributed by atoms with Crippen LogP contribution in [0.5, 0.6) is 0 Å². The summed E-state index contributed by atoms with van der Waals surface area (Å²) >= 11 is 4.44. The number of benzene rings is 3. The zero-order chi connectivity index (χ0) is 20.8. The van der Waals surface area contributed by atoms with Gasteiger partial charge in [0.2, 0.25) is 0 Å². The summed E-state index contributed by atoms with van der Waals surface area (Å²) in [5.74, 6) is 2.57. The quantitative estimate of drug-likeness (QED) is 0.261. The fourth-order valence-corrected chi connectivity index (χ4v) is 2.97. The fraction of sp³-hybridized carbons (Fsp3) is 0.125. The third kappa shape index (κ3) is 4.81. The predicted octanol–water partition coefficient (Wildman–Crippen LogP) is 6.86. The maximum Gasteiger partial charge on any atom is 0.175 e. The van der Waals surface area contributed by atoms with Crippen LogP contribution in [0.2, 0.25) is 0 Å². The lowest BCUT2D eigenvalue weighted by Gasteiger charge is -2.07. The molecule has 0 aliphatic rings. The number of hydrogen-bond donors (Lipinski definition) is 0. The molecular weight excluding hydrogens is 391 g/mol. The summed E-state index contributed by atoms with van der Waals surface area (Å²) in [4.78, 5) is 3.58. The SMILES string of the molecule is CCCc1ccc(-c2ccc(C#Cc3ccc(N=C=S)c(F)c3)c(F)c2F)cc1. The van der Waals surface area contributed by atoms with Crippen LogP contribution in [0.25, 0.3) is 11.1 Å². The highest BCUT2D eigenvalue weighted by molar-refractivity contribution is 7.78. The standard InChI is InChI=1S/C24H16F3NS/c1-2-3-16-4-8-18(9-5-16)20-12-11-19(23(26)24(20)27)10-6-17-7-13-22(28-15-29)21(25)14-17/h4-5,7-9,11-14H,2-3H2,1H3. The van der Waals surface area contributed by atoms with Crippen LogP contribution in [0.15, 0.2) is 59.6 Å². The van der Waals surface area contributed by atoms with E-state index in [0.717, 1.165) is 24.5 Å². The van der Waals surface area contributed by atoms with E-state index in [0.29, 0.717) is 11.1 Å². The van der Waals surface area contributed by atoms with Crippen molar-refractivity contribution in [2.75, 3.05) is 0 Å². The van der Waals surface area contributed by atoms with E-state index in [1.807, 2.05) is 12.1 Å². The molecule has 144 valence electrons. The number of hydrogen-bond acceptors (Lipinski definition) is 2. The molecule has 0 fully saturated rings. The van der Waals surface area contributed by atoms with E-state index in [-0.39, 0.29) is 16.8 Å². The first kappa shape index (κ1) is 20.5. The van der Waals surface area contributed by atoms with Crippen molar-refractivity contribution in [1.82, 2.24) is 0 Å². The molecule has 29 heavy (non-hydrogen) atoms. The minimum Gasteiger partial charge on any atom is -0.205 e. The zero-order valence-electron chi connectivity index (χ0n) is 15.6. The number of halogens is 3. The van der Waals surface area contributed by atoms with E-state index in [1.165, 1.54) is 24.3 Å². The van der Waals surface area contributed by atoms with Gasteiger partial charge in [0.1, 0.15) is 5.69 Å². The van der Waals surface area contributed by atoms with Crippen molar-refractivity contribution < 1.29 is 13.2 Å². The Morgan fingerprint density at radius 3 is 2.31 bits per heavy atom. The molecule has 0 amide bonds. The van der Waals surface area contributed by atoms with E-state index >= 15 is 0 Å². The molecule has 3 aromatic rings. The lowest BCUT2D eigenvalue weighted by atomic mass is 10.00. The maximum absolute atomic E-state index is 14.6. The summed E-state index contributed by atoms with van der Waals surface area (Å²) in [6.45, 7) is 2.08. The first-order valence-electron chi connectivity index (χ1n) is 9.00. The fourth-order valence-electron chi connectivity index (χ4n) is 2.87. The minimum absolute atomic E-state index is 0.0390. The van der Waals surface area contributed by atoms with Crippen LogP contribution in [0.3, 0.4) is 0 Å². The highest BCUT2D eigenvalue weighted by Crippen LogP contribution is 2.27. The summed E-state index contributed by atoms with van der Waals surface area (Å²) in [5, 5.41) is 2.08. The van der Waals surface area contributed by atoms with Gasteiger partial charge in [0.05, 0.1) is 10.7 Å². The molecule has 0 spiro atoms. The van der Waals surface area contributed by atoms with E-state index in [9.17, 15) is 13.2 Å². The second-order valence-corrected chi connectivity index (χ2v) is 6.54. The van der Waals surface area contributed by atoms with Gasteiger partial charge in [-0.05, 0) is 60.1 Å². The first-order chi connectivity index (χ1) is 14.0. The van der Waals surface area contributed by atoms with Crippen molar-refractivity contribution in [2.45, 2.75) is 19.8 Å². The molecule has 3 rings (SSSR count). The number of isothiocyanates is 1. The highest BCUT2D eigenvalue weighted by atomic mass is 32.1. The van der Waals surface area contributed by atoms with Crippen LogP contribution in [0.1, 0.15) is 30.0 Å². The molecule has 1 nitrogen and oxygen atoms in total. The normalized spacial score (nSPS) is 10.1. The van der Waals surface area contributed by atoms with Gasteiger partial charge in [-0.1, -0.05) is 49.5 Å². The molecule has 0 atom stereocenters. The van der Waals surface area contributed by atoms with Gasteiger partial charge in [-0.2, -0.15) is 4.99 Å². The van der Waals surface area contributed by atoms with Crippen LogP contribution in [0, 0.1) is 29.3 Å².